The maximum atomic E-state index is 13.3. The predicted octanol–water partition coefficient (Wildman–Crippen LogP) is 5.14. The number of nitrogen functional groups attached to an aromatic ring is 1. The second-order valence-corrected chi connectivity index (χ2v) is 9.01. The zero-order valence-electron chi connectivity index (χ0n) is 20.3. The smallest absolute Gasteiger partial charge is 0.257 e. The van der Waals surface area contributed by atoms with Crippen LogP contribution in [0.25, 0.3) is 22.2 Å². The van der Waals surface area contributed by atoms with Gasteiger partial charge in [-0.25, -0.2) is 9.97 Å². The van der Waals surface area contributed by atoms with Gasteiger partial charge in [0.2, 0.25) is 0 Å². The Balaban J connectivity index is 1.51. The fourth-order valence-electron chi connectivity index (χ4n) is 4.13. The Labute approximate surface area is 209 Å². The fourth-order valence-corrected chi connectivity index (χ4v) is 4.13. The van der Waals surface area contributed by atoms with Gasteiger partial charge in [0.05, 0.1) is 17.2 Å². The first-order valence-electron chi connectivity index (χ1n) is 12.0. The third kappa shape index (κ3) is 4.68. The van der Waals surface area contributed by atoms with E-state index >= 15 is 0 Å². The van der Waals surface area contributed by atoms with Gasteiger partial charge in [0.25, 0.3) is 5.91 Å². The van der Waals surface area contributed by atoms with Crippen molar-refractivity contribution in [3.8, 4) is 0 Å². The van der Waals surface area contributed by atoms with E-state index in [0.29, 0.717) is 41.1 Å². The SMILES string of the molecule is CC(C)c1ccc(/C=N/n2c(N)c(C(=O)NCCc3ccccc3)c3nc4ccccc4nc32)cc1. The Morgan fingerprint density at radius 1 is 0.972 bits per heavy atom. The number of amides is 1. The molecule has 7 heteroatoms. The average molecular weight is 477 g/mol. The van der Waals surface area contributed by atoms with Gasteiger partial charge in [-0.2, -0.15) is 9.78 Å². The van der Waals surface area contributed by atoms with Crippen LogP contribution in [0.3, 0.4) is 0 Å². The van der Waals surface area contributed by atoms with Crippen LogP contribution in [0.2, 0.25) is 0 Å². The van der Waals surface area contributed by atoms with E-state index in [0.717, 1.165) is 11.1 Å². The van der Waals surface area contributed by atoms with Gasteiger partial charge >= 0.3 is 0 Å². The number of carbonyl (C=O) groups is 1. The minimum Gasteiger partial charge on any atom is -0.383 e. The summed E-state index contributed by atoms with van der Waals surface area (Å²) in [6, 6.07) is 25.7. The highest BCUT2D eigenvalue weighted by Gasteiger charge is 2.24. The van der Waals surface area contributed by atoms with Gasteiger partial charge in [0.1, 0.15) is 16.9 Å². The molecule has 2 heterocycles. The van der Waals surface area contributed by atoms with Crippen molar-refractivity contribution in [2.45, 2.75) is 26.2 Å². The highest BCUT2D eigenvalue weighted by atomic mass is 16.1. The van der Waals surface area contributed by atoms with Gasteiger partial charge in [-0.3, -0.25) is 4.79 Å². The average Bonchev–Trinajstić information content (AvgIpc) is 3.16. The summed E-state index contributed by atoms with van der Waals surface area (Å²) in [7, 11) is 0. The summed E-state index contributed by atoms with van der Waals surface area (Å²) in [5, 5.41) is 7.58. The zero-order chi connectivity index (χ0) is 25.1. The minimum absolute atomic E-state index is 0.201. The largest absolute Gasteiger partial charge is 0.383 e. The van der Waals surface area contributed by atoms with Crippen LogP contribution in [0.15, 0.2) is 84.0 Å². The number of nitrogens with zero attached hydrogens (tertiary/aromatic N) is 4. The summed E-state index contributed by atoms with van der Waals surface area (Å²) >= 11 is 0. The van der Waals surface area contributed by atoms with E-state index in [-0.39, 0.29) is 17.3 Å². The summed E-state index contributed by atoms with van der Waals surface area (Å²) < 4.78 is 1.50. The van der Waals surface area contributed by atoms with Gasteiger partial charge in [-0.1, -0.05) is 80.6 Å². The highest BCUT2D eigenvalue weighted by Crippen LogP contribution is 2.28. The molecule has 0 aliphatic rings. The maximum Gasteiger partial charge on any atom is 0.257 e. The number of fused-ring (bicyclic) bond motifs is 2. The number of hydrogen-bond acceptors (Lipinski definition) is 5. The molecule has 7 nitrogen and oxygen atoms in total. The molecule has 180 valence electrons. The van der Waals surface area contributed by atoms with Crippen LogP contribution in [-0.2, 0) is 6.42 Å². The lowest BCUT2D eigenvalue weighted by atomic mass is 10.0. The highest BCUT2D eigenvalue weighted by molar-refractivity contribution is 6.10. The molecule has 2 aromatic heterocycles. The van der Waals surface area contributed by atoms with Crippen molar-refractivity contribution in [3.05, 3.63) is 101 Å². The summed E-state index contributed by atoms with van der Waals surface area (Å²) in [6.07, 6.45) is 2.43. The Morgan fingerprint density at radius 2 is 1.64 bits per heavy atom. The van der Waals surface area contributed by atoms with E-state index in [1.54, 1.807) is 6.21 Å². The predicted molar refractivity (Wildman–Crippen MR) is 145 cm³/mol. The number of hydrogen-bond donors (Lipinski definition) is 2. The van der Waals surface area contributed by atoms with E-state index in [9.17, 15) is 4.79 Å². The molecule has 5 rings (SSSR count). The van der Waals surface area contributed by atoms with E-state index in [4.69, 9.17) is 15.7 Å². The first kappa shape index (κ1) is 23.2. The normalized spacial score (nSPS) is 11.6. The number of anilines is 1. The lowest BCUT2D eigenvalue weighted by Gasteiger charge is -2.06. The molecule has 0 saturated carbocycles. The lowest BCUT2D eigenvalue weighted by molar-refractivity contribution is 0.0956. The van der Waals surface area contributed by atoms with E-state index in [1.807, 2.05) is 66.7 Å². The van der Waals surface area contributed by atoms with Crippen molar-refractivity contribution in [1.82, 2.24) is 20.0 Å². The number of carbonyl (C=O) groups excluding carboxylic acids is 1. The van der Waals surface area contributed by atoms with Crippen molar-refractivity contribution in [2.24, 2.45) is 5.10 Å². The molecule has 0 aliphatic carbocycles. The number of rotatable bonds is 7. The molecule has 1 amide bonds. The number of aromatic nitrogens is 3. The fraction of sp³-hybridized carbons (Fsp3) is 0.172. The monoisotopic (exact) mass is 476 g/mol. The molecule has 0 unspecified atom stereocenters. The van der Waals surface area contributed by atoms with Crippen molar-refractivity contribution in [1.29, 1.82) is 0 Å². The first-order chi connectivity index (χ1) is 17.5. The van der Waals surface area contributed by atoms with Crippen LogP contribution in [0.5, 0.6) is 0 Å². The second-order valence-electron chi connectivity index (χ2n) is 9.01. The number of para-hydroxylation sites is 2. The summed E-state index contributed by atoms with van der Waals surface area (Å²) in [4.78, 5) is 22.8. The molecule has 3 N–H and O–H groups in total. The van der Waals surface area contributed by atoms with Crippen molar-refractivity contribution in [2.75, 3.05) is 12.3 Å². The zero-order valence-corrected chi connectivity index (χ0v) is 20.3. The van der Waals surface area contributed by atoms with Gasteiger partial charge in [-0.15, -0.1) is 0 Å². The molecule has 5 aromatic rings. The minimum atomic E-state index is -0.298. The summed E-state index contributed by atoms with van der Waals surface area (Å²) in [6.45, 7) is 4.79. The Bertz CT molecular complexity index is 1550. The van der Waals surface area contributed by atoms with Crippen molar-refractivity contribution >= 4 is 40.1 Å². The third-order valence-electron chi connectivity index (χ3n) is 6.17. The van der Waals surface area contributed by atoms with Crippen LogP contribution < -0.4 is 11.1 Å². The van der Waals surface area contributed by atoms with Gasteiger partial charge in [-0.05, 0) is 41.2 Å². The molecule has 0 saturated heterocycles. The number of nitrogens with one attached hydrogen (secondary N) is 1. The molecule has 0 atom stereocenters. The maximum absolute atomic E-state index is 13.3. The second kappa shape index (κ2) is 10.00. The molecule has 0 spiro atoms. The van der Waals surface area contributed by atoms with Gasteiger partial charge in [0.15, 0.2) is 5.65 Å². The molecular weight excluding hydrogens is 448 g/mol. The molecule has 36 heavy (non-hydrogen) atoms. The van der Waals surface area contributed by atoms with Crippen LogP contribution in [0.4, 0.5) is 5.82 Å². The third-order valence-corrected chi connectivity index (χ3v) is 6.17. The van der Waals surface area contributed by atoms with E-state index in [2.05, 4.69) is 36.4 Å². The molecule has 0 fully saturated rings. The summed E-state index contributed by atoms with van der Waals surface area (Å²) in [5.74, 6) is 0.354. The Kier molecular flexibility index (Phi) is 6.45. The summed E-state index contributed by atoms with van der Waals surface area (Å²) in [5.41, 5.74) is 12.4. The molecule has 3 aromatic carbocycles. The van der Waals surface area contributed by atoms with Crippen LogP contribution in [0.1, 0.15) is 46.8 Å². The molecular formula is C29H28N6O. The first-order valence-corrected chi connectivity index (χ1v) is 12.0. The van der Waals surface area contributed by atoms with Crippen molar-refractivity contribution < 1.29 is 4.79 Å². The van der Waals surface area contributed by atoms with Crippen LogP contribution >= 0.6 is 0 Å². The molecule has 0 aliphatic heterocycles. The quantitative estimate of drug-likeness (QED) is 0.318. The van der Waals surface area contributed by atoms with Gasteiger partial charge < -0.3 is 11.1 Å². The molecule has 0 bridgehead atoms. The number of benzene rings is 3. The van der Waals surface area contributed by atoms with Crippen LogP contribution in [0, 0.1) is 0 Å². The lowest BCUT2D eigenvalue weighted by Crippen LogP contribution is -2.26. The van der Waals surface area contributed by atoms with Crippen molar-refractivity contribution in [3.63, 3.8) is 0 Å². The standard InChI is InChI=1S/C29H28N6O/c1-19(2)22-14-12-21(13-15-22)18-32-35-27(30)25(29(36)31-17-16-20-8-4-3-5-9-20)26-28(35)34-24-11-7-6-10-23(24)33-26/h3-15,18-19H,16-17,30H2,1-2H3,(H,31,36)/b32-18+. The van der Waals surface area contributed by atoms with E-state index < -0.39 is 0 Å². The number of nitrogens with two attached hydrogens (primary N) is 1. The Hall–Kier alpha value is -4.52. The van der Waals surface area contributed by atoms with E-state index in [1.165, 1.54) is 10.2 Å². The Morgan fingerprint density at radius 3 is 2.33 bits per heavy atom. The van der Waals surface area contributed by atoms with Crippen LogP contribution in [-0.4, -0.2) is 33.3 Å². The van der Waals surface area contributed by atoms with Gasteiger partial charge in [0, 0.05) is 6.54 Å². The molecule has 0 radical (unpaired) electrons. The topological polar surface area (TPSA) is 98.2 Å².